The van der Waals surface area contributed by atoms with Crippen LogP contribution in [0.3, 0.4) is 0 Å². The number of para-hydroxylation sites is 1. The monoisotopic (exact) mass is 296 g/mol. The zero-order valence-electron chi connectivity index (χ0n) is 11.6. The summed E-state index contributed by atoms with van der Waals surface area (Å²) in [6.07, 6.45) is -3.38. The molecule has 0 amide bonds. The quantitative estimate of drug-likeness (QED) is 0.471. The second-order valence-electron chi connectivity index (χ2n) is 4.86. The van der Waals surface area contributed by atoms with E-state index in [0.717, 1.165) is 5.69 Å². The van der Waals surface area contributed by atoms with Gasteiger partial charge in [-0.2, -0.15) is 0 Å². The van der Waals surface area contributed by atoms with Crippen LogP contribution in [0.15, 0.2) is 42.3 Å². The van der Waals surface area contributed by atoms with Crippen molar-refractivity contribution in [2.45, 2.75) is 24.7 Å². The first-order valence-electron chi connectivity index (χ1n) is 6.60. The zero-order chi connectivity index (χ0) is 15.4. The minimum atomic E-state index is -1.52. The van der Waals surface area contributed by atoms with Gasteiger partial charge >= 0.3 is 0 Å². The molecule has 4 atom stereocenters. The predicted octanol–water partition coefficient (Wildman–Crippen LogP) is -0.740. The minimum Gasteiger partial charge on any atom is -0.452 e. The molecule has 0 aliphatic carbocycles. The van der Waals surface area contributed by atoms with Crippen LogP contribution in [0, 0.1) is 0 Å². The molecule has 7 nitrogen and oxygen atoms in total. The summed E-state index contributed by atoms with van der Waals surface area (Å²) >= 11 is 0. The number of ether oxygens (including phenoxy) is 1. The molecule has 1 heterocycles. The Balaban J connectivity index is 1.97. The van der Waals surface area contributed by atoms with Crippen LogP contribution in [0.25, 0.3) is 0 Å². The van der Waals surface area contributed by atoms with Gasteiger partial charge in [0.25, 0.3) is 0 Å². The summed E-state index contributed by atoms with van der Waals surface area (Å²) in [4.78, 5) is 1.68. The van der Waals surface area contributed by atoms with E-state index in [0.29, 0.717) is 0 Å². The van der Waals surface area contributed by atoms with Crippen LogP contribution in [0.2, 0.25) is 0 Å². The maximum absolute atomic E-state index is 9.95. The summed E-state index contributed by atoms with van der Waals surface area (Å²) in [6.45, 7) is -0.646. The van der Waals surface area contributed by atoms with E-state index in [2.05, 4.69) is 5.32 Å². The molecule has 1 aromatic carbocycles. The molecule has 0 spiro atoms. The number of rotatable bonds is 6. The molecule has 116 valence electrons. The van der Waals surface area contributed by atoms with Gasteiger partial charge in [-0.3, -0.25) is 0 Å². The molecule has 0 aromatic heterocycles. The highest BCUT2D eigenvalue weighted by molar-refractivity contribution is 5.43. The van der Waals surface area contributed by atoms with Crippen LogP contribution in [-0.2, 0) is 4.74 Å². The normalized spacial score (nSPS) is 22.2. The smallest absolute Gasteiger partial charge is 0.250 e. The van der Waals surface area contributed by atoms with Gasteiger partial charge in [0, 0.05) is 18.9 Å². The number of nitrogens with one attached hydrogen (secondary N) is 1. The number of hydrogen-bond donors (Lipinski definition) is 5. The van der Waals surface area contributed by atoms with Gasteiger partial charge in [-0.25, -0.2) is 0 Å². The Kier molecular flexibility index (Phi) is 5.03. The molecule has 0 radical (unpaired) electrons. The van der Waals surface area contributed by atoms with E-state index in [1.54, 1.807) is 11.9 Å². The third-order valence-electron chi connectivity index (χ3n) is 3.21. The summed E-state index contributed by atoms with van der Waals surface area (Å²) in [6, 6.07) is 9.39. The van der Waals surface area contributed by atoms with Crippen molar-refractivity contribution in [1.82, 2.24) is 4.90 Å². The number of aliphatic hydroxyl groups is 4. The largest absolute Gasteiger partial charge is 0.452 e. The highest BCUT2D eigenvalue weighted by atomic mass is 16.5. The van der Waals surface area contributed by atoms with Crippen LogP contribution in [0.4, 0.5) is 5.69 Å². The average molecular weight is 296 g/mol. The Morgan fingerprint density at radius 2 is 1.90 bits per heavy atom. The Morgan fingerprint density at radius 1 is 1.24 bits per heavy atom. The Labute approximate surface area is 122 Å². The summed E-state index contributed by atoms with van der Waals surface area (Å²) in [5, 5.41) is 40.9. The predicted molar refractivity (Wildman–Crippen MR) is 75.9 cm³/mol. The van der Waals surface area contributed by atoms with Crippen molar-refractivity contribution in [3.05, 3.63) is 42.3 Å². The second-order valence-corrected chi connectivity index (χ2v) is 4.86. The van der Waals surface area contributed by atoms with Gasteiger partial charge in [-0.1, -0.05) is 18.2 Å². The molecule has 0 bridgehead atoms. The second kappa shape index (κ2) is 6.77. The molecule has 1 aliphatic rings. The number of anilines is 1. The molecule has 0 saturated heterocycles. The minimum absolute atomic E-state index is 0.117. The van der Waals surface area contributed by atoms with E-state index < -0.39 is 31.3 Å². The van der Waals surface area contributed by atoms with Crippen molar-refractivity contribution in [3.63, 3.8) is 0 Å². The standard InChI is InChI=1S/C14H20N2O5/c1-16-7-11(13(20)12(19)10(18)8-17)21-14(16)15-9-5-3-2-4-6-9/h2-7,10,12-15,17-20H,8H2,1H3. The number of hydrogen-bond acceptors (Lipinski definition) is 7. The van der Waals surface area contributed by atoms with Gasteiger partial charge in [0.1, 0.15) is 24.1 Å². The number of benzene rings is 1. The fraction of sp³-hybridized carbons (Fsp3) is 0.429. The summed E-state index contributed by atoms with van der Waals surface area (Å²) in [5.74, 6) is 0.117. The van der Waals surface area contributed by atoms with E-state index >= 15 is 0 Å². The molecule has 5 N–H and O–H groups in total. The van der Waals surface area contributed by atoms with Crippen molar-refractivity contribution in [2.24, 2.45) is 0 Å². The van der Waals surface area contributed by atoms with Crippen molar-refractivity contribution in [3.8, 4) is 0 Å². The fourth-order valence-corrected chi connectivity index (χ4v) is 1.95. The summed E-state index contributed by atoms with van der Waals surface area (Å²) < 4.78 is 5.53. The molecule has 21 heavy (non-hydrogen) atoms. The number of nitrogens with zero attached hydrogens (tertiary/aromatic N) is 1. The molecule has 1 aliphatic heterocycles. The van der Waals surface area contributed by atoms with Crippen molar-refractivity contribution in [1.29, 1.82) is 0 Å². The van der Waals surface area contributed by atoms with Gasteiger partial charge in [0.05, 0.1) is 6.61 Å². The first-order valence-corrected chi connectivity index (χ1v) is 6.60. The van der Waals surface area contributed by atoms with E-state index in [1.165, 1.54) is 6.20 Å². The Morgan fingerprint density at radius 3 is 2.52 bits per heavy atom. The molecule has 4 unspecified atom stereocenters. The van der Waals surface area contributed by atoms with Crippen LogP contribution >= 0.6 is 0 Å². The third kappa shape index (κ3) is 3.64. The molecular weight excluding hydrogens is 276 g/mol. The number of aliphatic hydroxyl groups excluding tert-OH is 4. The third-order valence-corrected chi connectivity index (χ3v) is 3.21. The maximum atomic E-state index is 9.95. The topological polar surface area (TPSA) is 105 Å². The van der Waals surface area contributed by atoms with E-state index in [-0.39, 0.29) is 5.76 Å². The van der Waals surface area contributed by atoms with E-state index in [4.69, 9.17) is 9.84 Å². The fourth-order valence-electron chi connectivity index (χ4n) is 1.95. The lowest BCUT2D eigenvalue weighted by Crippen LogP contribution is -2.41. The van der Waals surface area contributed by atoms with Gasteiger partial charge < -0.3 is 35.4 Å². The van der Waals surface area contributed by atoms with Crippen LogP contribution in [0.1, 0.15) is 0 Å². The van der Waals surface area contributed by atoms with E-state index in [9.17, 15) is 15.3 Å². The average Bonchev–Trinajstić information content (AvgIpc) is 2.87. The molecular formula is C14H20N2O5. The van der Waals surface area contributed by atoms with Gasteiger partial charge in [0.15, 0.2) is 0 Å². The van der Waals surface area contributed by atoms with Crippen molar-refractivity contribution < 1.29 is 25.2 Å². The Hall–Kier alpha value is -1.80. The van der Waals surface area contributed by atoms with Gasteiger partial charge in [-0.05, 0) is 12.1 Å². The van der Waals surface area contributed by atoms with Crippen LogP contribution < -0.4 is 5.32 Å². The molecule has 7 heteroatoms. The Bertz CT molecular complexity index is 482. The molecule has 2 rings (SSSR count). The van der Waals surface area contributed by atoms with Crippen LogP contribution in [-0.4, -0.2) is 63.6 Å². The van der Waals surface area contributed by atoms with Crippen LogP contribution in [0.5, 0.6) is 0 Å². The SMILES string of the molecule is CN1C=C(C(O)C(O)C(O)CO)OC1Nc1ccccc1. The molecule has 1 aromatic rings. The van der Waals surface area contributed by atoms with Gasteiger partial charge in [-0.15, -0.1) is 0 Å². The summed E-state index contributed by atoms with van der Waals surface area (Å²) in [7, 11) is 1.75. The van der Waals surface area contributed by atoms with Crippen molar-refractivity contribution in [2.75, 3.05) is 19.0 Å². The maximum Gasteiger partial charge on any atom is 0.250 e. The lowest BCUT2D eigenvalue weighted by atomic mass is 10.1. The van der Waals surface area contributed by atoms with E-state index in [1.807, 2.05) is 30.3 Å². The lowest BCUT2D eigenvalue weighted by Gasteiger charge is -2.24. The summed E-state index contributed by atoms with van der Waals surface area (Å²) in [5.41, 5.74) is 0.842. The zero-order valence-corrected chi connectivity index (χ0v) is 11.6. The molecule has 0 fully saturated rings. The molecule has 0 saturated carbocycles. The first-order chi connectivity index (χ1) is 10.0. The first kappa shape index (κ1) is 15.6. The van der Waals surface area contributed by atoms with Gasteiger partial charge in [0.2, 0.25) is 6.35 Å². The lowest BCUT2D eigenvalue weighted by molar-refractivity contribution is -0.0823. The highest BCUT2D eigenvalue weighted by Gasteiger charge is 2.34. The van der Waals surface area contributed by atoms with Crippen molar-refractivity contribution >= 4 is 5.69 Å². The highest BCUT2D eigenvalue weighted by Crippen LogP contribution is 2.23.